The zero-order valence-electron chi connectivity index (χ0n) is 8.67. The molecule has 0 heterocycles. The smallest absolute Gasteiger partial charge is 0.419 e. The topological polar surface area (TPSA) is 40.5 Å². The van der Waals surface area contributed by atoms with E-state index in [9.17, 15) is 18.0 Å². The van der Waals surface area contributed by atoms with Gasteiger partial charge in [0.05, 0.1) is 5.56 Å². The molecule has 1 rings (SSSR count). The molecule has 1 aromatic rings. The largest absolute Gasteiger partial charge is 0.507 e. The van der Waals surface area contributed by atoms with Crippen LogP contribution in [0.15, 0.2) is 18.2 Å². The molecule has 0 radical (unpaired) electrons. The molecule has 0 saturated carbocycles. The van der Waals surface area contributed by atoms with Crippen LogP contribution in [-0.2, 0) is 6.18 Å². The molecular weight excluding hydrogens is 223 g/mol. The first-order valence-electron chi connectivity index (χ1n) is 4.35. The van der Waals surface area contributed by atoms with Crippen LogP contribution >= 0.6 is 0 Å². The molecule has 1 aromatic carbocycles. The van der Waals surface area contributed by atoms with Gasteiger partial charge in [0.1, 0.15) is 5.75 Å². The Morgan fingerprint density at radius 1 is 1.31 bits per heavy atom. The molecule has 1 N–H and O–H groups in total. The maximum atomic E-state index is 12.4. The molecule has 1 amide bonds. The monoisotopic (exact) mass is 233 g/mol. The summed E-state index contributed by atoms with van der Waals surface area (Å²) in [6.07, 6.45) is -4.67. The number of amides is 1. The Labute approximate surface area is 90.1 Å². The lowest BCUT2D eigenvalue weighted by molar-refractivity contribution is -0.138. The van der Waals surface area contributed by atoms with Crippen molar-refractivity contribution in [1.29, 1.82) is 0 Å². The lowest BCUT2D eigenvalue weighted by Gasteiger charge is -2.13. The van der Waals surface area contributed by atoms with E-state index in [0.717, 1.165) is 17.0 Å². The number of rotatable bonds is 1. The summed E-state index contributed by atoms with van der Waals surface area (Å²) in [6, 6.07) is 2.64. The van der Waals surface area contributed by atoms with Gasteiger partial charge < -0.3 is 10.0 Å². The van der Waals surface area contributed by atoms with Gasteiger partial charge in [0, 0.05) is 19.7 Å². The summed E-state index contributed by atoms with van der Waals surface area (Å²) in [6.45, 7) is 0. The van der Waals surface area contributed by atoms with Crippen molar-refractivity contribution in [2.24, 2.45) is 0 Å². The van der Waals surface area contributed by atoms with Crippen LogP contribution in [0, 0.1) is 0 Å². The second kappa shape index (κ2) is 4.03. The second-order valence-corrected chi connectivity index (χ2v) is 3.43. The van der Waals surface area contributed by atoms with E-state index in [0.29, 0.717) is 6.07 Å². The van der Waals surface area contributed by atoms with Gasteiger partial charge >= 0.3 is 6.18 Å². The van der Waals surface area contributed by atoms with Crippen LogP contribution in [0.25, 0.3) is 0 Å². The van der Waals surface area contributed by atoms with Gasteiger partial charge in [0.15, 0.2) is 0 Å². The fraction of sp³-hybridized carbons (Fsp3) is 0.300. The molecule has 0 atom stereocenters. The van der Waals surface area contributed by atoms with Gasteiger partial charge in [0.2, 0.25) is 0 Å². The van der Waals surface area contributed by atoms with Crippen LogP contribution in [0.3, 0.4) is 0 Å². The third kappa shape index (κ3) is 2.44. The van der Waals surface area contributed by atoms with E-state index in [1.165, 1.54) is 14.1 Å². The minimum atomic E-state index is -4.67. The zero-order valence-corrected chi connectivity index (χ0v) is 8.67. The van der Waals surface area contributed by atoms with Crippen molar-refractivity contribution in [1.82, 2.24) is 4.90 Å². The molecule has 0 bridgehead atoms. The Hall–Kier alpha value is -1.72. The lowest BCUT2D eigenvalue weighted by Crippen LogP contribution is -2.22. The van der Waals surface area contributed by atoms with Crippen LogP contribution in [-0.4, -0.2) is 30.0 Å². The zero-order chi connectivity index (χ0) is 12.5. The number of benzene rings is 1. The van der Waals surface area contributed by atoms with E-state index in [1.807, 2.05) is 0 Å². The summed E-state index contributed by atoms with van der Waals surface area (Å²) in [4.78, 5) is 12.6. The molecule has 0 fully saturated rings. The van der Waals surface area contributed by atoms with Crippen LogP contribution < -0.4 is 0 Å². The average molecular weight is 233 g/mol. The van der Waals surface area contributed by atoms with Crippen molar-refractivity contribution in [3.8, 4) is 5.75 Å². The first kappa shape index (κ1) is 12.4. The number of nitrogens with zero attached hydrogens (tertiary/aromatic N) is 1. The Kier molecular flexibility index (Phi) is 3.11. The first-order chi connectivity index (χ1) is 7.23. The van der Waals surface area contributed by atoms with Crippen LogP contribution in [0.4, 0.5) is 13.2 Å². The Morgan fingerprint density at radius 2 is 1.88 bits per heavy atom. The quantitative estimate of drug-likeness (QED) is 0.807. The summed E-state index contributed by atoms with van der Waals surface area (Å²) >= 11 is 0. The highest BCUT2D eigenvalue weighted by Gasteiger charge is 2.34. The van der Waals surface area contributed by atoms with Gasteiger partial charge in [-0.1, -0.05) is 0 Å². The van der Waals surface area contributed by atoms with Gasteiger partial charge in [0.25, 0.3) is 5.91 Å². The summed E-state index contributed by atoms with van der Waals surface area (Å²) in [7, 11) is 2.87. The normalized spacial score (nSPS) is 11.3. The number of phenols is 1. The SMILES string of the molecule is CN(C)C(=O)c1ccc(O)c(C(F)(F)F)c1. The minimum absolute atomic E-state index is 0.116. The first-order valence-corrected chi connectivity index (χ1v) is 4.35. The molecule has 0 saturated heterocycles. The Balaban J connectivity index is 3.23. The van der Waals surface area contributed by atoms with E-state index in [1.54, 1.807) is 0 Å². The predicted molar refractivity (Wildman–Crippen MR) is 51.1 cm³/mol. The van der Waals surface area contributed by atoms with Gasteiger partial charge in [-0.25, -0.2) is 0 Å². The van der Waals surface area contributed by atoms with Gasteiger partial charge in [-0.3, -0.25) is 4.79 Å². The minimum Gasteiger partial charge on any atom is -0.507 e. The predicted octanol–water partition coefficient (Wildman–Crippen LogP) is 2.11. The highest BCUT2D eigenvalue weighted by molar-refractivity contribution is 5.94. The van der Waals surface area contributed by atoms with Crippen molar-refractivity contribution in [2.45, 2.75) is 6.18 Å². The number of carbonyl (C=O) groups is 1. The number of carbonyl (C=O) groups excluding carboxylic acids is 1. The fourth-order valence-electron chi connectivity index (χ4n) is 1.15. The van der Waals surface area contributed by atoms with E-state index in [4.69, 9.17) is 5.11 Å². The van der Waals surface area contributed by atoms with Crippen molar-refractivity contribution in [2.75, 3.05) is 14.1 Å². The Bertz CT molecular complexity index is 413. The highest BCUT2D eigenvalue weighted by Crippen LogP contribution is 2.36. The molecule has 0 spiro atoms. The van der Waals surface area contributed by atoms with E-state index in [2.05, 4.69) is 0 Å². The van der Waals surface area contributed by atoms with E-state index in [-0.39, 0.29) is 5.56 Å². The third-order valence-electron chi connectivity index (χ3n) is 1.96. The maximum Gasteiger partial charge on any atom is 0.419 e. The van der Waals surface area contributed by atoms with Crippen LogP contribution in [0.5, 0.6) is 5.75 Å². The summed E-state index contributed by atoms with van der Waals surface area (Å²) in [5, 5.41) is 9.05. The van der Waals surface area contributed by atoms with Crippen LogP contribution in [0.1, 0.15) is 15.9 Å². The standard InChI is InChI=1S/C10H10F3NO2/c1-14(2)9(16)6-3-4-8(15)7(5-6)10(11,12)13/h3-5,15H,1-2H3. The van der Waals surface area contributed by atoms with E-state index < -0.39 is 23.4 Å². The van der Waals surface area contributed by atoms with E-state index >= 15 is 0 Å². The molecule has 6 heteroatoms. The molecule has 88 valence electrons. The summed E-state index contributed by atoms with van der Waals surface area (Å²) in [5.41, 5.74) is -1.32. The fourth-order valence-corrected chi connectivity index (χ4v) is 1.15. The van der Waals surface area contributed by atoms with Crippen molar-refractivity contribution < 1.29 is 23.1 Å². The van der Waals surface area contributed by atoms with Crippen molar-refractivity contribution >= 4 is 5.91 Å². The number of alkyl halides is 3. The summed E-state index contributed by atoms with van der Waals surface area (Å²) in [5.74, 6) is -1.44. The molecule has 0 aliphatic rings. The van der Waals surface area contributed by atoms with Crippen LogP contribution in [0.2, 0.25) is 0 Å². The highest BCUT2D eigenvalue weighted by atomic mass is 19.4. The maximum absolute atomic E-state index is 12.4. The van der Waals surface area contributed by atoms with Crippen molar-refractivity contribution in [3.63, 3.8) is 0 Å². The molecule has 0 unspecified atom stereocenters. The molecule has 3 nitrogen and oxygen atoms in total. The average Bonchev–Trinajstić information content (AvgIpc) is 2.15. The molecule has 0 aromatic heterocycles. The van der Waals surface area contributed by atoms with Crippen molar-refractivity contribution in [3.05, 3.63) is 29.3 Å². The number of hydrogen-bond donors (Lipinski definition) is 1. The molecule has 0 aliphatic carbocycles. The van der Waals surface area contributed by atoms with Gasteiger partial charge in [-0.15, -0.1) is 0 Å². The molecular formula is C10H10F3NO2. The second-order valence-electron chi connectivity index (χ2n) is 3.43. The van der Waals surface area contributed by atoms with Gasteiger partial charge in [-0.05, 0) is 18.2 Å². The number of halogens is 3. The molecule has 16 heavy (non-hydrogen) atoms. The number of aromatic hydroxyl groups is 1. The molecule has 0 aliphatic heterocycles. The Morgan fingerprint density at radius 3 is 2.31 bits per heavy atom. The lowest BCUT2D eigenvalue weighted by atomic mass is 10.1. The number of hydrogen-bond acceptors (Lipinski definition) is 2. The third-order valence-corrected chi connectivity index (χ3v) is 1.96. The van der Waals surface area contributed by atoms with Gasteiger partial charge in [-0.2, -0.15) is 13.2 Å². The number of phenolic OH excluding ortho intramolecular Hbond substituents is 1. The summed E-state index contributed by atoms with van der Waals surface area (Å²) < 4.78 is 37.2.